The molecule has 0 bridgehead atoms. The SMILES string of the molecule is O=c1cc(-c2c(-c3ccc(F)cc3)nc(-c3c(F)cccc3Cl)n2O)cc[nH]1. The van der Waals surface area contributed by atoms with Gasteiger partial charge in [-0.05, 0) is 42.5 Å². The summed E-state index contributed by atoms with van der Waals surface area (Å²) >= 11 is 6.13. The van der Waals surface area contributed by atoms with Gasteiger partial charge in [0.25, 0.3) is 0 Å². The molecular formula is C20H12ClF2N3O2. The number of rotatable bonds is 3. The summed E-state index contributed by atoms with van der Waals surface area (Å²) < 4.78 is 28.5. The van der Waals surface area contributed by atoms with Crippen LogP contribution in [0.5, 0.6) is 0 Å². The number of halogens is 3. The number of hydrogen-bond acceptors (Lipinski definition) is 3. The van der Waals surface area contributed by atoms with Gasteiger partial charge in [0.15, 0.2) is 5.82 Å². The molecule has 0 fully saturated rings. The quantitative estimate of drug-likeness (QED) is 0.489. The molecule has 0 radical (unpaired) electrons. The maximum Gasteiger partial charge on any atom is 0.248 e. The van der Waals surface area contributed by atoms with E-state index in [2.05, 4.69) is 9.97 Å². The number of benzene rings is 2. The zero-order chi connectivity index (χ0) is 19.8. The molecule has 5 nitrogen and oxygen atoms in total. The number of aromatic nitrogens is 3. The number of H-pyrrole nitrogens is 1. The predicted molar refractivity (Wildman–Crippen MR) is 101 cm³/mol. The van der Waals surface area contributed by atoms with Crippen LogP contribution in [0.2, 0.25) is 5.02 Å². The van der Waals surface area contributed by atoms with Gasteiger partial charge in [-0.15, -0.1) is 0 Å². The van der Waals surface area contributed by atoms with Gasteiger partial charge in [-0.3, -0.25) is 4.79 Å². The molecule has 0 spiro atoms. The fourth-order valence-corrected chi connectivity index (χ4v) is 3.19. The number of hydrogen-bond donors (Lipinski definition) is 2. The van der Waals surface area contributed by atoms with E-state index in [0.29, 0.717) is 15.9 Å². The molecular weight excluding hydrogens is 388 g/mol. The minimum absolute atomic E-state index is 0.0587. The van der Waals surface area contributed by atoms with Gasteiger partial charge in [-0.1, -0.05) is 17.7 Å². The van der Waals surface area contributed by atoms with Gasteiger partial charge < -0.3 is 10.2 Å². The number of aromatic amines is 1. The van der Waals surface area contributed by atoms with Crippen LogP contribution >= 0.6 is 11.6 Å². The monoisotopic (exact) mass is 399 g/mol. The van der Waals surface area contributed by atoms with E-state index in [1.54, 1.807) is 6.07 Å². The minimum atomic E-state index is -0.670. The van der Waals surface area contributed by atoms with Crippen LogP contribution in [0.4, 0.5) is 8.78 Å². The molecule has 0 amide bonds. The topological polar surface area (TPSA) is 70.9 Å². The summed E-state index contributed by atoms with van der Waals surface area (Å²) in [6, 6.07) is 12.4. The summed E-state index contributed by atoms with van der Waals surface area (Å²) in [4.78, 5) is 18.6. The molecule has 2 aromatic carbocycles. The van der Waals surface area contributed by atoms with E-state index in [0.717, 1.165) is 0 Å². The number of imidazole rings is 1. The lowest BCUT2D eigenvalue weighted by Gasteiger charge is -2.07. The first-order valence-electron chi connectivity index (χ1n) is 8.17. The van der Waals surface area contributed by atoms with Gasteiger partial charge in [0.1, 0.15) is 23.0 Å². The van der Waals surface area contributed by atoms with Crippen LogP contribution in [0.3, 0.4) is 0 Å². The van der Waals surface area contributed by atoms with Crippen LogP contribution in [-0.2, 0) is 0 Å². The zero-order valence-electron chi connectivity index (χ0n) is 14.2. The van der Waals surface area contributed by atoms with Crippen molar-refractivity contribution in [3.05, 3.63) is 87.8 Å². The lowest BCUT2D eigenvalue weighted by molar-refractivity contribution is 0.195. The molecule has 2 aromatic heterocycles. The molecule has 0 aliphatic carbocycles. The van der Waals surface area contributed by atoms with Gasteiger partial charge in [0.05, 0.1) is 10.6 Å². The molecule has 0 aliphatic rings. The van der Waals surface area contributed by atoms with Crippen LogP contribution in [0.25, 0.3) is 33.9 Å². The van der Waals surface area contributed by atoms with Gasteiger partial charge in [-0.25, -0.2) is 13.8 Å². The molecule has 2 N–H and O–H groups in total. The average Bonchev–Trinajstić information content (AvgIpc) is 2.99. The molecule has 8 heteroatoms. The van der Waals surface area contributed by atoms with Crippen molar-refractivity contribution in [2.45, 2.75) is 0 Å². The Morgan fingerprint density at radius 2 is 1.79 bits per heavy atom. The van der Waals surface area contributed by atoms with Crippen molar-refractivity contribution in [3.8, 4) is 33.9 Å². The summed E-state index contributed by atoms with van der Waals surface area (Å²) in [6.45, 7) is 0. The van der Waals surface area contributed by atoms with Crippen molar-refractivity contribution in [3.63, 3.8) is 0 Å². The second-order valence-corrected chi connectivity index (χ2v) is 6.40. The van der Waals surface area contributed by atoms with E-state index in [4.69, 9.17) is 11.6 Å². The Labute approximate surface area is 162 Å². The first kappa shape index (κ1) is 17.9. The molecule has 0 saturated carbocycles. The van der Waals surface area contributed by atoms with E-state index in [1.165, 1.54) is 54.7 Å². The lowest BCUT2D eigenvalue weighted by Crippen LogP contribution is -2.05. The predicted octanol–water partition coefficient (Wildman–Crippen LogP) is 4.74. The molecule has 0 atom stereocenters. The first-order valence-corrected chi connectivity index (χ1v) is 8.55. The van der Waals surface area contributed by atoms with Crippen molar-refractivity contribution in [1.29, 1.82) is 0 Å². The van der Waals surface area contributed by atoms with E-state index < -0.39 is 17.2 Å². The largest absolute Gasteiger partial charge is 0.426 e. The Kier molecular flexibility index (Phi) is 4.44. The molecule has 4 aromatic rings. The second-order valence-electron chi connectivity index (χ2n) is 5.99. The van der Waals surface area contributed by atoms with E-state index >= 15 is 0 Å². The third kappa shape index (κ3) is 3.05. The van der Waals surface area contributed by atoms with Gasteiger partial charge >= 0.3 is 0 Å². The highest BCUT2D eigenvalue weighted by molar-refractivity contribution is 6.33. The Morgan fingerprint density at radius 1 is 1.04 bits per heavy atom. The van der Waals surface area contributed by atoms with Crippen LogP contribution in [-0.4, -0.2) is 19.9 Å². The zero-order valence-corrected chi connectivity index (χ0v) is 14.9. The summed E-state index contributed by atoms with van der Waals surface area (Å²) in [6.07, 6.45) is 1.41. The van der Waals surface area contributed by atoms with Crippen molar-refractivity contribution >= 4 is 11.6 Å². The van der Waals surface area contributed by atoms with Gasteiger partial charge in [-0.2, -0.15) is 4.73 Å². The fraction of sp³-hybridized carbons (Fsp3) is 0. The molecule has 2 heterocycles. The first-order chi connectivity index (χ1) is 13.5. The van der Waals surface area contributed by atoms with Gasteiger partial charge in [0.2, 0.25) is 5.56 Å². The Balaban J connectivity index is 2.05. The van der Waals surface area contributed by atoms with Crippen LogP contribution in [0.15, 0.2) is 65.6 Å². The summed E-state index contributed by atoms with van der Waals surface area (Å²) in [5.74, 6) is -1.25. The highest BCUT2D eigenvalue weighted by Gasteiger charge is 2.24. The van der Waals surface area contributed by atoms with Crippen LogP contribution < -0.4 is 5.56 Å². The molecule has 0 unspecified atom stereocenters. The van der Waals surface area contributed by atoms with E-state index in [9.17, 15) is 18.8 Å². The van der Waals surface area contributed by atoms with Crippen LogP contribution in [0, 0.1) is 11.6 Å². The standard InChI is InChI=1S/C20H12ClF2N3O2/c21-14-2-1-3-15(23)17(14)20-25-18(11-4-6-13(22)7-5-11)19(26(20)28)12-8-9-24-16(27)10-12/h1-10,28H,(H,24,27). The summed E-state index contributed by atoms with van der Waals surface area (Å²) in [7, 11) is 0. The maximum atomic E-state index is 14.4. The fourth-order valence-electron chi connectivity index (χ4n) is 2.95. The Hall–Kier alpha value is -3.45. The molecule has 28 heavy (non-hydrogen) atoms. The summed E-state index contributed by atoms with van der Waals surface area (Å²) in [5.41, 5.74) is 0.713. The Bertz CT molecular complexity index is 1210. The van der Waals surface area contributed by atoms with E-state index in [-0.39, 0.29) is 27.8 Å². The second kappa shape index (κ2) is 6.94. The number of pyridine rings is 1. The highest BCUT2D eigenvalue weighted by Crippen LogP contribution is 2.37. The van der Waals surface area contributed by atoms with Crippen molar-refractivity contribution < 1.29 is 14.0 Å². The van der Waals surface area contributed by atoms with Gasteiger partial charge in [0, 0.05) is 23.4 Å². The van der Waals surface area contributed by atoms with Crippen molar-refractivity contribution in [2.24, 2.45) is 0 Å². The van der Waals surface area contributed by atoms with Crippen molar-refractivity contribution in [2.75, 3.05) is 0 Å². The van der Waals surface area contributed by atoms with Crippen LogP contribution in [0.1, 0.15) is 0 Å². The maximum absolute atomic E-state index is 14.4. The minimum Gasteiger partial charge on any atom is -0.426 e. The normalized spacial score (nSPS) is 11.0. The lowest BCUT2D eigenvalue weighted by atomic mass is 10.1. The summed E-state index contributed by atoms with van der Waals surface area (Å²) in [5, 5.41) is 10.9. The highest BCUT2D eigenvalue weighted by atomic mass is 35.5. The number of nitrogens with zero attached hydrogens (tertiary/aromatic N) is 2. The molecule has 140 valence electrons. The van der Waals surface area contributed by atoms with E-state index in [1.807, 2.05) is 0 Å². The third-order valence-corrected chi connectivity index (χ3v) is 4.52. The number of nitrogens with one attached hydrogen (secondary N) is 1. The smallest absolute Gasteiger partial charge is 0.248 e. The van der Waals surface area contributed by atoms with Crippen molar-refractivity contribution in [1.82, 2.24) is 14.7 Å². The molecule has 0 saturated heterocycles. The average molecular weight is 400 g/mol. The third-order valence-electron chi connectivity index (χ3n) is 4.21. The molecule has 0 aliphatic heterocycles. The molecule has 4 rings (SSSR count). The Morgan fingerprint density at radius 3 is 2.46 bits per heavy atom.